The van der Waals surface area contributed by atoms with Gasteiger partial charge in [-0.1, -0.05) is 122 Å². The summed E-state index contributed by atoms with van der Waals surface area (Å²) in [5.74, 6) is -9.27. The number of carbonyl (C=O) groups excluding carboxylic acids is 11. The van der Waals surface area contributed by atoms with Crippen LogP contribution in [0.5, 0.6) is 0 Å². The third-order valence-electron chi connectivity index (χ3n) is 16.3. The minimum absolute atomic E-state index is 0.0393. The Bertz CT molecular complexity index is 2390. The molecular weight excluding hydrogens is 1110 g/mol. The highest BCUT2D eigenvalue weighted by molar-refractivity contribution is 5.99. The second-order valence-corrected chi connectivity index (χ2v) is 26.6. The van der Waals surface area contributed by atoms with Crippen LogP contribution in [-0.2, 0) is 52.7 Å². The fourth-order valence-corrected chi connectivity index (χ4v) is 11.0. The number of Topliss-reactive ketones (excluding diaryl/α,β-unsaturated/α-hetero) is 1. The van der Waals surface area contributed by atoms with E-state index in [0.29, 0.717) is 0 Å². The van der Waals surface area contributed by atoms with Crippen LogP contribution in [0.4, 0.5) is 0 Å². The molecule has 5 N–H and O–H groups in total. The Morgan fingerprint density at radius 3 is 1.39 bits per heavy atom. The lowest BCUT2D eigenvalue weighted by Gasteiger charge is -2.41. The summed E-state index contributed by atoms with van der Waals surface area (Å²) in [5, 5.41) is 23.2. The summed E-state index contributed by atoms with van der Waals surface area (Å²) in [5.41, 5.74) is 0. The van der Waals surface area contributed by atoms with Gasteiger partial charge in [-0.15, -0.1) is 0 Å². The molecule has 1 aliphatic heterocycles. The molecular formula is C64H113N11O12. The van der Waals surface area contributed by atoms with Gasteiger partial charge in [-0.05, 0) is 101 Å². The number of nitrogens with zero attached hydrogens (tertiary/aromatic N) is 7. The summed E-state index contributed by atoms with van der Waals surface area (Å²) >= 11 is 0. The van der Waals surface area contributed by atoms with Crippen LogP contribution in [0.3, 0.4) is 0 Å². The number of carbonyl (C=O) groups is 11. The molecule has 0 aromatic heterocycles. The van der Waals surface area contributed by atoms with Gasteiger partial charge >= 0.3 is 0 Å². The maximum Gasteiger partial charge on any atom is 0.246 e. The number of amides is 10. The van der Waals surface area contributed by atoms with E-state index in [-0.39, 0.29) is 68.7 Å². The topological polar surface area (TPSA) is 279 Å². The molecule has 12 atom stereocenters. The minimum Gasteiger partial charge on any atom is -0.390 e. The van der Waals surface area contributed by atoms with E-state index in [0.717, 1.165) is 9.80 Å². The van der Waals surface area contributed by atoms with Crippen LogP contribution < -0.4 is 21.3 Å². The number of likely N-dealkylation sites (N-methyl/N-ethyl adjacent to an activating group) is 7. The van der Waals surface area contributed by atoms with Crippen LogP contribution in [0.15, 0.2) is 24.8 Å². The lowest BCUT2D eigenvalue weighted by molar-refractivity contribution is -0.157. The summed E-state index contributed by atoms with van der Waals surface area (Å²) in [6, 6.07) is -12.1. The molecule has 0 unspecified atom stereocenters. The van der Waals surface area contributed by atoms with Crippen molar-refractivity contribution in [1.29, 1.82) is 0 Å². The third-order valence-corrected chi connectivity index (χ3v) is 16.3. The second kappa shape index (κ2) is 36.3. The Hall–Kier alpha value is -6.23. The van der Waals surface area contributed by atoms with E-state index in [9.17, 15) is 48.3 Å². The van der Waals surface area contributed by atoms with E-state index in [1.165, 1.54) is 75.7 Å². The van der Waals surface area contributed by atoms with Gasteiger partial charge in [-0.2, -0.15) is 0 Å². The zero-order valence-electron chi connectivity index (χ0n) is 57.1. The molecule has 0 bridgehead atoms. The van der Waals surface area contributed by atoms with Crippen molar-refractivity contribution in [3.8, 4) is 0 Å². The van der Waals surface area contributed by atoms with Crippen LogP contribution in [0.25, 0.3) is 0 Å². The van der Waals surface area contributed by atoms with Crippen LogP contribution in [-0.4, -0.2) is 233 Å². The average Bonchev–Trinajstić information content (AvgIpc) is 1.81. The van der Waals surface area contributed by atoms with Gasteiger partial charge in [0.2, 0.25) is 59.1 Å². The lowest BCUT2D eigenvalue weighted by Crippen LogP contribution is -2.63. The summed E-state index contributed by atoms with van der Waals surface area (Å²) < 4.78 is 0. The second-order valence-electron chi connectivity index (χ2n) is 26.6. The van der Waals surface area contributed by atoms with Crippen molar-refractivity contribution in [2.24, 2.45) is 41.4 Å². The highest BCUT2D eigenvalue weighted by Gasteiger charge is 2.45. The first-order valence-corrected chi connectivity index (χ1v) is 31.2. The van der Waals surface area contributed by atoms with Crippen LogP contribution >= 0.6 is 0 Å². The monoisotopic (exact) mass is 1230 g/mol. The fourth-order valence-electron chi connectivity index (χ4n) is 11.0. The van der Waals surface area contributed by atoms with Gasteiger partial charge in [-0.25, -0.2) is 0 Å². The number of allylic oxidation sites excluding steroid dienone is 3. The molecule has 0 aromatic carbocycles. The Morgan fingerprint density at radius 1 is 0.483 bits per heavy atom. The zero-order chi connectivity index (χ0) is 67.4. The normalized spacial score (nSPS) is 26.9. The number of nitrogens with one attached hydrogen (secondary N) is 4. The number of rotatable bonds is 16. The Morgan fingerprint density at radius 2 is 0.920 bits per heavy atom. The number of hydrogen-bond donors (Lipinski definition) is 5. The van der Waals surface area contributed by atoms with Crippen molar-refractivity contribution in [3.05, 3.63) is 24.8 Å². The molecule has 496 valence electrons. The smallest absolute Gasteiger partial charge is 0.246 e. The maximum absolute atomic E-state index is 15.2. The van der Waals surface area contributed by atoms with Crippen molar-refractivity contribution in [2.45, 2.75) is 216 Å². The van der Waals surface area contributed by atoms with E-state index in [1.54, 1.807) is 71.7 Å². The van der Waals surface area contributed by atoms with Gasteiger partial charge in [0, 0.05) is 42.3 Å². The van der Waals surface area contributed by atoms with Gasteiger partial charge in [0.25, 0.3) is 0 Å². The molecule has 0 aliphatic carbocycles. The average molecular weight is 1230 g/mol. The van der Waals surface area contributed by atoms with Crippen molar-refractivity contribution in [3.63, 3.8) is 0 Å². The minimum atomic E-state index is -1.62. The highest BCUT2D eigenvalue weighted by atomic mass is 16.3. The van der Waals surface area contributed by atoms with Crippen LogP contribution in [0, 0.1) is 41.4 Å². The fraction of sp³-hybridized carbons (Fsp3) is 0.766. The first-order chi connectivity index (χ1) is 40.2. The Kier molecular flexibility index (Phi) is 32.9. The third kappa shape index (κ3) is 23.0. The molecule has 23 heteroatoms. The Balaban J connectivity index is 4.29. The molecule has 1 aliphatic rings. The largest absolute Gasteiger partial charge is 0.390 e. The number of aliphatic hydroxyl groups is 1. The molecule has 87 heavy (non-hydrogen) atoms. The summed E-state index contributed by atoms with van der Waals surface area (Å²) in [7, 11) is 10.1. The molecule has 0 radical (unpaired) electrons. The van der Waals surface area contributed by atoms with Crippen LogP contribution in [0.1, 0.15) is 149 Å². The molecule has 1 heterocycles. The summed E-state index contributed by atoms with van der Waals surface area (Å²) in [4.78, 5) is 169. The van der Waals surface area contributed by atoms with Crippen molar-refractivity contribution < 1.29 is 57.8 Å². The van der Waals surface area contributed by atoms with Gasteiger partial charge in [0.1, 0.15) is 54.4 Å². The van der Waals surface area contributed by atoms with Gasteiger partial charge in [-0.3, -0.25) is 57.6 Å². The van der Waals surface area contributed by atoms with Crippen molar-refractivity contribution >= 4 is 64.9 Å². The number of aliphatic hydroxyl groups excluding tert-OH is 1. The lowest BCUT2D eigenvalue weighted by atomic mass is 9.91. The van der Waals surface area contributed by atoms with Gasteiger partial charge < -0.3 is 55.8 Å². The van der Waals surface area contributed by atoms with E-state index >= 15 is 9.59 Å². The molecule has 0 spiro atoms. The molecule has 0 aromatic rings. The van der Waals surface area contributed by atoms with E-state index in [4.69, 9.17) is 0 Å². The Labute approximate surface area is 520 Å². The first-order valence-electron chi connectivity index (χ1n) is 31.2. The summed E-state index contributed by atoms with van der Waals surface area (Å²) in [6.07, 6.45) is 4.50. The SMILES string of the molecule is C=CC=CC[C@@H](C)[C@@H](O)[C@H]1C(=O)N[C@@H](CC)C(=O)N(C)CC(=O)CN(C)[C@@H](CC(C)C)C(=O)N[C@@H](C(C)C)C(=O)N(C)[C@@H](CC(C)C)C(=O)N[C@@H](C)C(=O)N[C@H](C)C(=O)N(C)[C@@H](CC(C)C)C(=O)N(C)[C@@H](CC(C)C)C(=O)N(C)[C@@H](C(C)C)C(=O)N1C. The quantitative estimate of drug-likeness (QED) is 0.139. The zero-order valence-corrected chi connectivity index (χ0v) is 57.1. The first kappa shape index (κ1) is 78.8. The number of ketones is 1. The number of hydrogen-bond acceptors (Lipinski definition) is 13. The predicted molar refractivity (Wildman–Crippen MR) is 338 cm³/mol. The maximum atomic E-state index is 15.2. The molecule has 1 fully saturated rings. The standard InChI is InChI=1S/C64H113N11O12/c1-25-27-28-29-42(15)54(77)53-58(81)67-46(26-2)60(83)70(19)35-45(76)34-69(18)47(30-36(3)4)56(79)68-51(40(11)12)63(86)71(20)48(31-37(5)6)57(80)65-43(16)55(78)66-44(17)59(82)72(21)49(32-38(7)8)61(84)73(22)50(33-39(9)10)62(85)74(23)52(41(13)14)64(87)75(53)24/h25,27-28,36-44,46-54,77H,1,26,29-35H2,2-24H3,(H,65,80)(H,66,78)(H,67,81)(H,68,79)/t42-,43+,44-,46+,47+,48+,49+,50+,51+,52+,53+,54-/m1/s1. The molecule has 10 amide bonds. The van der Waals surface area contributed by atoms with Crippen LogP contribution in [0.2, 0.25) is 0 Å². The predicted octanol–water partition coefficient (Wildman–Crippen LogP) is 3.48. The van der Waals surface area contributed by atoms with E-state index in [1.807, 2.05) is 55.4 Å². The molecule has 1 saturated heterocycles. The van der Waals surface area contributed by atoms with E-state index in [2.05, 4.69) is 27.8 Å². The summed E-state index contributed by atoms with van der Waals surface area (Å²) in [6.45, 7) is 31.2. The molecule has 1 rings (SSSR count). The van der Waals surface area contributed by atoms with Crippen molar-refractivity contribution in [2.75, 3.05) is 62.4 Å². The molecule has 0 saturated carbocycles. The van der Waals surface area contributed by atoms with Gasteiger partial charge in [0.05, 0.1) is 25.2 Å². The van der Waals surface area contributed by atoms with Gasteiger partial charge in [0.15, 0.2) is 5.78 Å². The molecule has 23 nitrogen and oxygen atoms in total. The van der Waals surface area contributed by atoms with Crippen molar-refractivity contribution in [1.82, 2.24) is 55.6 Å². The highest BCUT2D eigenvalue weighted by Crippen LogP contribution is 2.26. The van der Waals surface area contributed by atoms with E-state index < -0.39 is 156 Å².